The summed E-state index contributed by atoms with van der Waals surface area (Å²) in [6.45, 7) is 24.0. The molecule has 2 rings (SSSR count). The van der Waals surface area contributed by atoms with Gasteiger partial charge in [0.15, 0.2) is 0 Å². The maximum Gasteiger partial charge on any atom is 0.333 e. The molecule has 0 aliphatic carbocycles. The first-order valence-corrected chi connectivity index (χ1v) is 12.9. The molecule has 0 amide bonds. The van der Waals surface area contributed by atoms with Crippen molar-refractivity contribution in [2.24, 2.45) is 0 Å². The lowest BCUT2D eigenvalue weighted by molar-refractivity contribution is -0.152. The van der Waals surface area contributed by atoms with Gasteiger partial charge in [-0.1, -0.05) is 55.6 Å². The first-order valence-electron chi connectivity index (χ1n) is 12.5. The van der Waals surface area contributed by atoms with Crippen molar-refractivity contribution >= 4 is 22.8 Å². The lowest BCUT2D eigenvalue weighted by atomic mass is 9.91. The van der Waals surface area contributed by atoms with E-state index in [1.807, 2.05) is 62.4 Å². The van der Waals surface area contributed by atoms with Crippen molar-refractivity contribution in [1.29, 1.82) is 0 Å². The smallest absolute Gasteiger partial charge is 0.333 e. The van der Waals surface area contributed by atoms with Crippen molar-refractivity contribution in [1.82, 2.24) is 0 Å². The Morgan fingerprint density at radius 3 is 1.21 bits per heavy atom. The minimum Gasteiger partial charge on any atom is -0.451 e. The first-order chi connectivity index (χ1) is 17.4. The maximum absolute atomic E-state index is 11.6. The van der Waals surface area contributed by atoms with E-state index in [4.69, 9.17) is 16.3 Å². The average molecular weight is 561 g/mol. The van der Waals surface area contributed by atoms with Crippen molar-refractivity contribution in [2.75, 3.05) is 0 Å². The Morgan fingerprint density at radius 1 is 0.667 bits per heavy atom. The monoisotopic (exact) mass is 560 g/mol. The summed E-state index contributed by atoms with van der Waals surface area (Å²) in [6.07, 6.45) is 0. The molecule has 216 valence electrons. The fraction of sp³-hybridized carbons (Fsp3) is 0.438. The van der Waals surface area contributed by atoms with Gasteiger partial charge in [-0.2, -0.15) is 0 Å². The number of benzene rings is 2. The Balaban J connectivity index is 0.000000631. The van der Waals surface area contributed by atoms with E-state index in [1.54, 1.807) is 55.4 Å². The summed E-state index contributed by atoms with van der Waals surface area (Å²) < 4.78 is 5.43. The third kappa shape index (κ3) is 13.2. The van der Waals surface area contributed by atoms with E-state index in [-0.39, 0.29) is 0 Å². The van der Waals surface area contributed by atoms with Crippen LogP contribution in [-0.2, 0) is 36.7 Å². The summed E-state index contributed by atoms with van der Waals surface area (Å²) in [7, 11) is 0. The summed E-state index contributed by atoms with van der Waals surface area (Å²) >= 11 is 4.87. The van der Waals surface area contributed by atoms with E-state index in [1.165, 1.54) is 0 Å². The van der Waals surface area contributed by atoms with E-state index in [0.29, 0.717) is 11.1 Å². The van der Waals surface area contributed by atoms with Crippen LogP contribution in [0, 0.1) is 0 Å². The molecule has 0 fully saturated rings. The summed E-state index contributed by atoms with van der Waals surface area (Å²) in [5.41, 5.74) is 0.591. The second-order valence-corrected chi connectivity index (χ2v) is 11.9. The topological polar surface area (TPSA) is 104 Å². The number of hydrogen-bond donors (Lipinski definition) is 3. The van der Waals surface area contributed by atoms with E-state index in [9.17, 15) is 24.9 Å². The summed E-state index contributed by atoms with van der Waals surface area (Å²) in [4.78, 5) is 21.5. The minimum atomic E-state index is -0.926. The fourth-order valence-corrected chi connectivity index (χ4v) is 2.93. The third-order valence-corrected chi connectivity index (χ3v) is 5.89. The number of allylic oxidation sites excluding steroid dienone is 1. The normalized spacial score (nSPS) is 11.7. The average Bonchev–Trinajstić information content (AvgIpc) is 2.78. The number of carbonyl (C=O) groups excluding carboxylic acids is 2. The second-order valence-electron chi connectivity index (χ2n) is 11.6. The van der Waals surface area contributed by atoms with Crippen molar-refractivity contribution in [2.45, 2.75) is 91.6 Å². The van der Waals surface area contributed by atoms with Crippen LogP contribution in [0.4, 0.5) is 0 Å². The molecule has 0 aliphatic heterocycles. The number of rotatable bonds is 7. The SMILES string of the molecule is C=C(C)C(=O)Cl.C=C(C)C(=O)OC(C)(C)c1cccc(C(C)(C)O)c1.CC(C)(O)c1cccc(C(C)(C)O)c1. The van der Waals surface area contributed by atoms with Crippen LogP contribution in [0.5, 0.6) is 0 Å². The Morgan fingerprint density at radius 2 is 0.949 bits per heavy atom. The Hall–Kier alpha value is -2.77. The lowest BCUT2D eigenvalue weighted by Gasteiger charge is -2.27. The Labute approximate surface area is 239 Å². The van der Waals surface area contributed by atoms with Gasteiger partial charge in [0.25, 0.3) is 0 Å². The molecule has 2 aromatic rings. The van der Waals surface area contributed by atoms with Gasteiger partial charge in [-0.25, -0.2) is 4.79 Å². The highest BCUT2D eigenvalue weighted by molar-refractivity contribution is 6.67. The zero-order valence-electron chi connectivity index (χ0n) is 25.0. The van der Waals surface area contributed by atoms with Gasteiger partial charge in [0.2, 0.25) is 5.24 Å². The Kier molecular flexibility index (Phi) is 13.0. The number of halogens is 1. The number of aliphatic hydroxyl groups is 3. The van der Waals surface area contributed by atoms with Crippen LogP contribution in [0.3, 0.4) is 0 Å². The minimum absolute atomic E-state index is 0.367. The van der Waals surface area contributed by atoms with Gasteiger partial charge in [-0.05, 0) is 109 Å². The predicted octanol–water partition coefficient (Wildman–Crippen LogP) is 6.74. The molecule has 0 aromatic heterocycles. The van der Waals surface area contributed by atoms with Crippen LogP contribution < -0.4 is 0 Å². The van der Waals surface area contributed by atoms with Gasteiger partial charge in [-0.3, -0.25) is 4.79 Å². The van der Waals surface area contributed by atoms with E-state index >= 15 is 0 Å². The van der Waals surface area contributed by atoms with E-state index < -0.39 is 33.6 Å². The van der Waals surface area contributed by atoms with Crippen molar-refractivity contribution in [3.63, 3.8) is 0 Å². The molecule has 2 aromatic carbocycles. The summed E-state index contributed by atoms with van der Waals surface area (Å²) in [5.74, 6) is -0.418. The van der Waals surface area contributed by atoms with Crippen molar-refractivity contribution in [3.05, 3.63) is 95.1 Å². The van der Waals surface area contributed by atoms with Gasteiger partial charge in [-0.15, -0.1) is 0 Å². The third-order valence-electron chi connectivity index (χ3n) is 5.57. The van der Waals surface area contributed by atoms with Gasteiger partial charge in [0, 0.05) is 11.1 Å². The molecular weight excluding hydrogens is 516 g/mol. The molecule has 7 heteroatoms. The van der Waals surface area contributed by atoms with Gasteiger partial charge >= 0.3 is 5.97 Å². The highest BCUT2D eigenvalue weighted by atomic mass is 35.5. The summed E-state index contributed by atoms with van der Waals surface area (Å²) in [5, 5.41) is 29.2. The number of ether oxygens (including phenoxy) is 1. The van der Waals surface area contributed by atoms with E-state index in [2.05, 4.69) is 13.2 Å². The second kappa shape index (κ2) is 14.0. The lowest BCUT2D eigenvalue weighted by Crippen LogP contribution is -2.27. The van der Waals surface area contributed by atoms with Crippen LogP contribution in [0.15, 0.2) is 72.8 Å². The van der Waals surface area contributed by atoms with Gasteiger partial charge in [0.05, 0.1) is 16.8 Å². The van der Waals surface area contributed by atoms with Crippen LogP contribution >= 0.6 is 11.6 Å². The molecule has 6 nitrogen and oxygen atoms in total. The molecule has 0 radical (unpaired) electrons. The quantitative estimate of drug-likeness (QED) is 0.197. The molecule has 0 unspecified atom stereocenters. The number of esters is 1. The van der Waals surface area contributed by atoms with Gasteiger partial charge in [0.1, 0.15) is 5.60 Å². The number of carbonyl (C=O) groups is 2. The zero-order chi connectivity index (χ0) is 31.0. The largest absolute Gasteiger partial charge is 0.451 e. The maximum atomic E-state index is 11.6. The molecule has 0 heterocycles. The Bertz CT molecular complexity index is 1120. The molecule has 0 spiro atoms. The van der Waals surface area contributed by atoms with Crippen LogP contribution in [-0.4, -0.2) is 26.5 Å². The molecule has 39 heavy (non-hydrogen) atoms. The fourth-order valence-electron chi connectivity index (χ4n) is 2.93. The van der Waals surface area contributed by atoms with Crippen LogP contribution in [0.2, 0.25) is 0 Å². The molecule has 0 atom stereocenters. The summed E-state index contributed by atoms with van der Waals surface area (Å²) in [6, 6.07) is 14.8. The molecular formula is C32H45ClO6. The molecule has 0 bridgehead atoms. The first kappa shape index (κ1) is 36.2. The molecule has 0 saturated carbocycles. The predicted molar refractivity (Wildman–Crippen MR) is 158 cm³/mol. The van der Waals surface area contributed by atoms with Crippen LogP contribution in [0.1, 0.15) is 91.5 Å². The van der Waals surface area contributed by atoms with Crippen LogP contribution in [0.25, 0.3) is 0 Å². The molecule has 3 N–H and O–H groups in total. The highest BCUT2D eigenvalue weighted by Crippen LogP contribution is 2.29. The van der Waals surface area contributed by atoms with Crippen molar-refractivity contribution in [3.8, 4) is 0 Å². The molecule has 0 saturated heterocycles. The van der Waals surface area contributed by atoms with Crippen molar-refractivity contribution < 1.29 is 29.6 Å². The molecule has 0 aliphatic rings. The van der Waals surface area contributed by atoms with E-state index in [0.717, 1.165) is 22.3 Å². The zero-order valence-corrected chi connectivity index (χ0v) is 25.7. The number of hydrogen-bond acceptors (Lipinski definition) is 6. The standard InChI is InChI=1S/C16H22O3.C12H18O2.C4H5ClO/c1-11(2)14(17)19-16(5,6)13-9-7-8-12(10-13)15(3,4)18;1-11(2,13)9-6-5-7-10(8-9)12(3,4)14;1-3(2)4(5)6/h7-10,18H,1H2,2-6H3;5-8,13-14H,1-4H3;1H2,2H3. The van der Waals surface area contributed by atoms with Gasteiger partial charge < -0.3 is 20.1 Å². The highest BCUT2D eigenvalue weighted by Gasteiger charge is 2.27.